The zero-order chi connectivity index (χ0) is 26.3. The molecule has 1 saturated heterocycles. The van der Waals surface area contributed by atoms with Crippen LogP contribution in [0.4, 0.5) is 0 Å². The van der Waals surface area contributed by atoms with E-state index in [1.165, 1.54) is 5.56 Å². The molecule has 7 nitrogen and oxygen atoms in total. The highest BCUT2D eigenvalue weighted by Crippen LogP contribution is 2.41. The number of rotatable bonds is 6. The summed E-state index contributed by atoms with van der Waals surface area (Å²) in [7, 11) is 1.79. The minimum absolute atomic E-state index is 0.0706. The fourth-order valence-electron chi connectivity index (χ4n) is 5.74. The average Bonchev–Trinajstić information content (AvgIpc) is 3.18. The molecule has 2 aromatic carbocycles. The van der Waals surface area contributed by atoms with E-state index in [9.17, 15) is 5.11 Å². The van der Waals surface area contributed by atoms with Crippen molar-refractivity contribution in [1.29, 1.82) is 0 Å². The number of aliphatic hydroxyl groups is 1. The van der Waals surface area contributed by atoms with Crippen molar-refractivity contribution in [2.24, 2.45) is 17.5 Å². The lowest BCUT2D eigenvalue weighted by Gasteiger charge is -2.33. The molecular weight excluding hydrogens is 462 g/mol. The van der Waals surface area contributed by atoms with Crippen LogP contribution in [-0.2, 0) is 10.3 Å². The standard InChI is InChI=1S/C30H37N5O2/c1-19(31)28(34(4)32)22-16-26-27(33-18-22)24-11-10-23(30(2,3)36)17-25(24)35(26)29(20-8-6-5-7-9-20)21-12-14-37-15-13-21/h5-11,16-18,21,29,36H,12-15,31-32H2,1-4H3/b28-19-. The van der Waals surface area contributed by atoms with Gasteiger partial charge in [-0.1, -0.05) is 42.5 Å². The van der Waals surface area contributed by atoms with E-state index >= 15 is 0 Å². The van der Waals surface area contributed by atoms with Gasteiger partial charge in [-0.25, -0.2) is 5.84 Å². The fourth-order valence-corrected chi connectivity index (χ4v) is 5.74. The Morgan fingerprint density at radius 2 is 1.81 bits per heavy atom. The first-order valence-electron chi connectivity index (χ1n) is 12.9. The van der Waals surface area contributed by atoms with Gasteiger partial charge in [-0.05, 0) is 62.8 Å². The molecule has 2 aromatic heterocycles. The van der Waals surface area contributed by atoms with Gasteiger partial charge in [0.25, 0.3) is 0 Å². The van der Waals surface area contributed by atoms with E-state index in [1.807, 2.05) is 33.0 Å². The Morgan fingerprint density at radius 3 is 2.43 bits per heavy atom. The van der Waals surface area contributed by atoms with Crippen LogP contribution in [0.15, 0.2) is 66.5 Å². The second-order valence-corrected chi connectivity index (χ2v) is 10.7. The Bertz CT molecular complexity index is 1440. The van der Waals surface area contributed by atoms with E-state index in [0.29, 0.717) is 11.6 Å². The van der Waals surface area contributed by atoms with Crippen LogP contribution in [0.1, 0.15) is 56.3 Å². The first-order valence-corrected chi connectivity index (χ1v) is 12.9. The molecule has 4 aromatic rings. The third-order valence-corrected chi connectivity index (χ3v) is 7.48. The van der Waals surface area contributed by atoms with E-state index < -0.39 is 5.60 Å². The summed E-state index contributed by atoms with van der Waals surface area (Å²) in [6.07, 6.45) is 3.78. The van der Waals surface area contributed by atoms with Crippen molar-refractivity contribution in [3.63, 3.8) is 0 Å². The molecule has 5 N–H and O–H groups in total. The number of pyridine rings is 1. The number of ether oxygens (including phenoxy) is 1. The predicted octanol–water partition coefficient (Wildman–Crippen LogP) is 4.89. The zero-order valence-corrected chi connectivity index (χ0v) is 22.1. The highest BCUT2D eigenvalue weighted by atomic mass is 16.5. The molecule has 1 aliphatic rings. The summed E-state index contributed by atoms with van der Waals surface area (Å²) in [5.41, 5.74) is 12.6. The van der Waals surface area contributed by atoms with Gasteiger partial charge in [0.05, 0.1) is 33.9 Å². The van der Waals surface area contributed by atoms with Crippen molar-refractivity contribution in [1.82, 2.24) is 14.6 Å². The van der Waals surface area contributed by atoms with Gasteiger partial charge < -0.3 is 25.2 Å². The van der Waals surface area contributed by atoms with Crippen LogP contribution >= 0.6 is 0 Å². The first-order chi connectivity index (χ1) is 17.7. The van der Waals surface area contributed by atoms with Crippen LogP contribution in [0, 0.1) is 5.92 Å². The van der Waals surface area contributed by atoms with E-state index in [4.69, 9.17) is 21.3 Å². The molecule has 0 bridgehead atoms. The summed E-state index contributed by atoms with van der Waals surface area (Å²) in [6, 6.07) is 19.1. The van der Waals surface area contributed by atoms with Gasteiger partial charge >= 0.3 is 0 Å². The third-order valence-electron chi connectivity index (χ3n) is 7.48. The Hall–Kier alpha value is -3.39. The Morgan fingerprint density at radius 1 is 1.11 bits per heavy atom. The van der Waals surface area contributed by atoms with Gasteiger partial charge in [0.2, 0.25) is 0 Å². The van der Waals surface area contributed by atoms with Gasteiger partial charge in [-0.15, -0.1) is 0 Å². The van der Waals surface area contributed by atoms with E-state index in [0.717, 1.165) is 64.8 Å². The van der Waals surface area contributed by atoms with Gasteiger partial charge in [0.15, 0.2) is 0 Å². The minimum Gasteiger partial charge on any atom is -0.401 e. The average molecular weight is 500 g/mol. The monoisotopic (exact) mass is 499 g/mol. The van der Waals surface area contributed by atoms with Crippen molar-refractivity contribution >= 4 is 27.6 Å². The SMILES string of the molecule is C/C(N)=C(\c1cnc2c3ccc(C(C)(C)O)cc3n(C(c3ccccc3)C3CCOCC3)c2c1)N(C)N. The number of benzene rings is 2. The molecule has 5 rings (SSSR count). The van der Waals surface area contributed by atoms with Crippen LogP contribution < -0.4 is 11.6 Å². The van der Waals surface area contributed by atoms with Crippen LogP contribution in [0.25, 0.3) is 27.6 Å². The summed E-state index contributed by atoms with van der Waals surface area (Å²) < 4.78 is 8.17. The fraction of sp³-hybridized carbons (Fsp3) is 0.367. The Balaban J connectivity index is 1.87. The van der Waals surface area contributed by atoms with Crippen LogP contribution in [0.5, 0.6) is 0 Å². The summed E-state index contributed by atoms with van der Waals surface area (Å²) in [4.78, 5) is 4.95. The lowest BCUT2D eigenvalue weighted by atomic mass is 9.86. The largest absolute Gasteiger partial charge is 0.401 e. The number of nitrogens with two attached hydrogens (primary N) is 2. The maximum atomic E-state index is 10.9. The van der Waals surface area contributed by atoms with Crippen molar-refractivity contribution in [3.05, 3.63) is 83.2 Å². The van der Waals surface area contributed by atoms with Gasteiger partial charge in [0, 0.05) is 43.1 Å². The van der Waals surface area contributed by atoms with Crippen molar-refractivity contribution in [2.45, 2.75) is 45.3 Å². The normalized spacial score (nSPS) is 16.7. The summed E-state index contributed by atoms with van der Waals surface area (Å²) >= 11 is 0. The van der Waals surface area contributed by atoms with Crippen molar-refractivity contribution < 1.29 is 9.84 Å². The molecule has 0 saturated carbocycles. The smallest absolute Gasteiger partial charge is 0.0960 e. The molecule has 7 heteroatoms. The number of hydrazine groups is 1. The molecule has 0 aliphatic carbocycles. The molecule has 194 valence electrons. The molecule has 0 amide bonds. The van der Waals surface area contributed by atoms with Crippen molar-refractivity contribution in [2.75, 3.05) is 20.3 Å². The number of aromatic nitrogens is 2. The second-order valence-electron chi connectivity index (χ2n) is 10.7. The molecular formula is C30H37N5O2. The van der Waals surface area contributed by atoms with Gasteiger partial charge in [0.1, 0.15) is 0 Å². The summed E-state index contributed by atoms with van der Waals surface area (Å²) in [5.74, 6) is 6.56. The number of allylic oxidation sites excluding steroid dienone is 1. The molecule has 37 heavy (non-hydrogen) atoms. The van der Waals surface area contributed by atoms with Crippen LogP contribution in [-0.4, -0.2) is 39.9 Å². The topological polar surface area (TPSA) is 103 Å². The van der Waals surface area contributed by atoms with Crippen LogP contribution in [0.3, 0.4) is 0 Å². The van der Waals surface area contributed by atoms with E-state index in [-0.39, 0.29) is 6.04 Å². The lowest BCUT2D eigenvalue weighted by Crippen LogP contribution is -2.27. The molecule has 1 unspecified atom stereocenters. The van der Waals surface area contributed by atoms with Gasteiger partial charge in [-0.2, -0.15) is 0 Å². The maximum Gasteiger partial charge on any atom is 0.0960 e. The third kappa shape index (κ3) is 4.70. The number of fused-ring (bicyclic) bond motifs is 3. The molecule has 3 heterocycles. The summed E-state index contributed by atoms with van der Waals surface area (Å²) in [6.45, 7) is 7.00. The number of hydrogen-bond acceptors (Lipinski definition) is 6. The minimum atomic E-state index is -0.968. The highest BCUT2D eigenvalue weighted by Gasteiger charge is 2.31. The number of nitrogens with zero attached hydrogens (tertiary/aromatic N) is 3. The predicted molar refractivity (Wildman–Crippen MR) is 149 cm³/mol. The molecule has 1 atom stereocenters. The Kier molecular flexibility index (Phi) is 6.70. The molecule has 1 aliphatic heterocycles. The maximum absolute atomic E-state index is 10.9. The van der Waals surface area contributed by atoms with Crippen LogP contribution in [0.2, 0.25) is 0 Å². The van der Waals surface area contributed by atoms with Crippen molar-refractivity contribution in [3.8, 4) is 0 Å². The lowest BCUT2D eigenvalue weighted by molar-refractivity contribution is 0.0552. The van der Waals surface area contributed by atoms with E-state index in [1.54, 1.807) is 12.1 Å². The van der Waals surface area contributed by atoms with E-state index in [2.05, 4.69) is 53.1 Å². The highest BCUT2D eigenvalue weighted by molar-refractivity contribution is 6.06. The second kappa shape index (κ2) is 9.82. The molecule has 0 spiro atoms. The zero-order valence-electron chi connectivity index (χ0n) is 22.1. The number of hydrogen-bond donors (Lipinski definition) is 3. The quantitative estimate of drug-likeness (QED) is 0.258. The molecule has 1 fully saturated rings. The first kappa shape index (κ1) is 25.3. The van der Waals surface area contributed by atoms with Gasteiger partial charge in [-0.3, -0.25) is 4.98 Å². The summed E-state index contributed by atoms with van der Waals surface area (Å²) in [5, 5.41) is 13.5. The Labute approximate surface area is 218 Å². The molecule has 0 radical (unpaired) electrons.